The molecule has 80 valence electrons. The third-order valence-corrected chi connectivity index (χ3v) is 2.15. The maximum atomic E-state index is 11.3. The highest BCUT2D eigenvalue weighted by Crippen LogP contribution is 1.99. The zero-order valence-electron chi connectivity index (χ0n) is 10.1. The number of rotatable bonds is 1. The van der Waals surface area contributed by atoms with Crippen LogP contribution in [0.15, 0.2) is 0 Å². The first kappa shape index (κ1) is 13.2. The Morgan fingerprint density at radius 3 is 2.14 bits per heavy atom. The molecule has 0 unspecified atom stereocenters. The fourth-order valence-electron chi connectivity index (χ4n) is 0.852. The van der Waals surface area contributed by atoms with Crippen molar-refractivity contribution < 1.29 is 4.79 Å². The van der Waals surface area contributed by atoms with Gasteiger partial charge in [-0.1, -0.05) is 19.6 Å². The predicted octanol–water partition coefficient (Wildman–Crippen LogP) is 2.17. The average Bonchev–Trinajstić information content (AvgIpc) is 1.78. The van der Waals surface area contributed by atoms with Crippen molar-refractivity contribution >= 4 is 14.0 Å². The van der Waals surface area contributed by atoms with E-state index in [-0.39, 0.29) is 11.4 Å². The van der Waals surface area contributed by atoms with Crippen LogP contribution < -0.4 is 5.32 Å². The van der Waals surface area contributed by atoms with Crippen LogP contribution in [0.5, 0.6) is 0 Å². The largest absolute Gasteiger partial charge is 0.351 e. The van der Waals surface area contributed by atoms with Crippen LogP contribution in [-0.2, 0) is 4.79 Å². The van der Waals surface area contributed by atoms with Crippen molar-refractivity contribution in [2.75, 3.05) is 0 Å². The molecule has 3 heteroatoms. The van der Waals surface area contributed by atoms with Crippen LogP contribution in [0.3, 0.4) is 0 Å². The molecule has 0 aliphatic rings. The van der Waals surface area contributed by atoms with Gasteiger partial charge in [-0.2, -0.15) is 0 Å². The Bertz CT molecular complexity index is 260. The van der Waals surface area contributed by atoms with Gasteiger partial charge in [0.15, 0.2) is 0 Å². The number of carbonyl (C=O) groups is 1. The van der Waals surface area contributed by atoms with E-state index in [1.807, 2.05) is 20.8 Å². The predicted molar refractivity (Wildman–Crippen MR) is 63.6 cm³/mol. The van der Waals surface area contributed by atoms with Gasteiger partial charge in [0.1, 0.15) is 8.07 Å². The van der Waals surface area contributed by atoms with E-state index in [9.17, 15) is 4.79 Å². The Hall–Kier alpha value is -0.753. The van der Waals surface area contributed by atoms with E-state index in [2.05, 4.69) is 36.4 Å². The van der Waals surface area contributed by atoms with Gasteiger partial charge in [-0.25, -0.2) is 0 Å². The Labute approximate surface area is 88.5 Å². The first-order valence-corrected chi connectivity index (χ1v) is 8.41. The Balaban J connectivity index is 4.03. The number of nitrogens with one attached hydrogen (secondary N) is 1. The van der Waals surface area contributed by atoms with Gasteiger partial charge < -0.3 is 5.32 Å². The second-order valence-electron chi connectivity index (χ2n) is 5.53. The summed E-state index contributed by atoms with van der Waals surface area (Å²) in [5.41, 5.74) is 3.01. The SMILES string of the molecule is CC(C)(C)NC(=O)CC#C[Si](C)(C)C. The van der Waals surface area contributed by atoms with Gasteiger partial charge in [-0.05, 0) is 20.8 Å². The first-order valence-electron chi connectivity index (χ1n) is 4.91. The summed E-state index contributed by atoms with van der Waals surface area (Å²) >= 11 is 0. The van der Waals surface area contributed by atoms with E-state index in [1.165, 1.54) is 0 Å². The van der Waals surface area contributed by atoms with Crippen LogP contribution in [0.4, 0.5) is 0 Å². The summed E-state index contributed by atoms with van der Waals surface area (Å²) in [5, 5.41) is 2.88. The third-order valence-electron chi connectivity index (χ3n) is 1.23. The van der Waals surface area contributed by atoms with Crippen LogP contribution in [0.2, 0.25) is 19.6 Å². The summed E-state index contributed by atoms with van der Waals surface area (Å²) < 4.78 is 0. The van der Waals surface area contributed by atoms with Gasteiger partial charge in [0.25, 0.3) is 0 Å². The lowest BCUT2D eigenvalue weighted by Gasteiger charge is -2.19. The number of amides is 1. The van der Waals surface area contributed by atoms with Crippen LogP contribution >= 0.6 is 0 Å². The van der Waals surface area contributed by atoms with Crippen molar-refractivity contribution in [1.29, 1.82) is 0 Å². The Morgan fingerprint density at radius 2 is 1.79 bits per heavy atom. The molecule has 0 heterocycles. The smallest absolute Gasteiger partial charge is 0.232 e. The molecule has 0 aliphatic heterocycles. The number of hydrogen-bond acceptors (Lipinski definition) is 1. The molecule has 0 aliphatic carbocycles. The molecule has 0 atom stereocenters. The van der Waals surface area contributed by atoms with Gasteiger partial charge in [-0.3, -0.25) is 4.79 Å². The maximum Gasteiger partial charge on any atom is 0.232 e. The van der Waals surface area contributed by atoms with Crippen molar-refractivity contribution in [2.24, 2.45) is 0 Å². The molecular formula is C11H21NOSi. The molecule has 0 fully saturated rings. The highest BCUT2D eigenvalue weighted by atomic mass is 28.3. The average molecular weight is 211 g/mol. The summed E-state index contributed by atoms with van der Waals surface area (Å²) in [6, 6.07) is 0. The maximum absolute atomic E-state index is 11.3. The van der Waals surface area contributed by atoms with Crippen molar-refractivity contribution in [2.45, 2.75) is 52.4 Å². The molecule has 0 aromatic rings. The van der Waals surface area contributed by atoms with E-state index in [1.54, 1.807) is 0 Å². The van der Waals surface area contributed by atoms with Crippen LogP contribution in [0, 0.1) is 11.5 Å². The van der Waals surface area contributed by atoms with E-state index in [0.29, 0.717) is 6.42 Å². The van der Waals surface area contributed by atoms with E-state index in [4.69, 9.17) is 0 Å². The fraction of sp³-hybridized carbons (Fsp3) is 0.727. The quantitative estimate of drug-likeness (QED) is 0.523. The van der Waals surface area contributed by atoms with E-state index in [0.717, 1.165) is 0 Å². The van der Waals surface area contributed by atoms with Crippen molar-refractivity contribution in [1.82, 2.24) is 5.32 Å². The van der Waals surface area contributed by atoms with Crippen molar-refractivity contribution in [3.8, 4) is 11.5 Å². The fourth-order valence-corrected chi connectivity index (χ4v) is 1.47. The molecule has 0 bridgehead atoms. The summed E-state index contributed by atoms with van der Waals surface area (Å²) in [6.07, 6.45) is 0.321. The van der Waals surface area contributed by atoms with Gasteiger partial charge in [0.2, 0.25) is 5.91 Å². The molecule has 0 aromatic carbocycles. The molecule has 0 saturated heterocycles. The number of hydrogen-bond donors (Lipinski definition) is 1. The Kier molecular flexibility index (Phi) is 4.40. The van der Waals surface area contributed by atoms with Crippen LogP contribution in [0.25, 0.3) is 0 Å². The lowest BCUT2D eigenvalue weighted by Crippen LogP contribution is -2.40. The molecule has 1 N–H and O–H groups in total. The van der Waals surface area contributed by atoms with Crippen LogP contribution in [0.1, 0.15) is 27.2 Å². The minimum atomic E-state index is -1.32. The Morgan fingerprint density at radius 1 is 1.29 bits per heavy atom. The van der Waals surface area contributed by atoms with Gasteiger partial charge in [0.05, 0.1) is 6.42 Å². The molecule has 0 aromatic heterocycles. The minimum Gasteiger partial charge on any atom is -0.351 e. The summed E-state index contributed by atoms with van der Waals surface area (Å²) in [5.74, 6) is 2.96. The zero-order valence-corrected chi connectivity index (χ0v) is 11.1. The zero-order chi connectivity index (χ0) is 11.4. The third kappa shape index (κ3) is 9.34. The minimum absolute atomic E-state index is 0.0169. The molecule has 1 amide bonds. The standard InChI is InChI=1S/C11H21NOSi/c1-11(2,3)12-10(13)8-7-9-14(4,5)6/h8H2,1-6H3,(H,12,13). The normalized spacial score (nSPS) is 11.6. The second kappa shape index (κ2) is 4.65. The summed E-state index contributed by atoms with van der Waals surface area (Å²) in [6.45, 7) is 12.4. The summed E-state index contributed by atoms with van der Waals surface area (Å²) in [7, 11) is -1.32. The molecule has 0 rings (SSSR count). The molecule has 0 spiro atoms. The lowest BCUT2D eigenvalue weighted by molar-refractivity contribution is -0.121. The first-order chi connectivity index (χ1) is 6.10. The molecule has 2 nitrogen and oxygen atoms in total. The highest BCUT2D eigenvalue weighted by molar-refractivity contribution is 6.83. The van der Waals surface area contributed by atoms with Crippen molar-refractivity contribution in [3.05, 3.63) is 0 Å². The molecule has 0 saturated carbocycles. The van der Waals surface area contributed by atoms with Gasteiger partial charge in [-0.15, -0.1) is 11.5 Å². The van der Waals surface area contributed by atoms with Gasteiger partial charge >= 0.3 is 0 Å². The molecule has 14 heavy (non-hydrogen) atoms. The monoisotopic (exact) mass is 211 g/mol. The number of carbonyl (C=O) groups excluding carboxylic acids is 1. The topological polar surface area (TPSA) is 29.1 Å². The van der Waals surface area contributed by atoms with E-state index >= 15 is 0 Å². The second-order valence-corrected chi connectivity index (χ2v) is 10.3. The van der Waals surface area contributed by atoms with Crippen molar-refractivity contribution in [3.63, 3.8) is 0 Å². The highest BCUT2D eigenvalue weighted by Gasteiger charge is 2.12. The lowest BCUT2D eigenvalue weighted by atomic mass is 10.1. The van der Waals surface area contributed by atoms with Crippen LogP contribution in [-0.4, -0.2) is 19.5 Å². The van der Waals surface area contributed by atoms with Gasteiger partial charge in [0, 0.05) is 5.54 Å². The summed E-state index contributed by atoms with van der Waals surface area (Å²) in [4.78, 5) is 11.3. The molecule has 0 radical (unpaired) electrons. The van der Waals surface area contributed by atoms with E-state index < -0.39 is 8.07 Å². The molecular weight excluding hydrogens is 190 g/mol.